The number of nitro groups is 1. The monoisotopic (exact) mass is 626 g/mol. The van der Waals surface area contributed by atoms with Crippen LogP contribution in [0.5, 0.6) is 5.75 Å². The standard InChI is InChI=1S/C34H32BClN2O7/c1-2-20-16-27-32(34(41)37(33(27)40)24-9-6-10-25(17-24)38(43)44)28-19-35(42)45-30(31(20)28)14-12-22(21-7-4-3-5-8-21)15-23-11-13-26(39)18-29(23)36/h3-11,13,15,17-18,27-28,30,32,39,42H,2,12,14,16,19H2,1H3/b22-15-/t27-,28+,30-,32-/m1/s1. The van der Waals surface area contributed by atoms with Crippen LogP contribution in [0.25, 0.3) is 11.6 Å². The lowest BCUT2D eigenvalue weighted by atomic mass is 9.58. The number of nitrogens with zero attached hydrogens (tertiary/aromatic N) is 2. The van der Waals surface area contributed by atoms with Gasteiger partial charge in [0.15, 0.2) is 0 Å². The van der Waals surface area contributed by atoms with E-state index in [0.717, 1.165) is 32.7 Å². The normalized spacial score (nSPS) is 23.3. The molecule has 1 aliphatic carbocycles. The lowest BCUT2D eigenvalue weighted by Crippen LogP contribution is -2.46. The topological polar surface area (TPSA) is 130 Å². The molecule has 2 fully saturated rings. The number of rotatable bonds is 8. The summed E-state index contributed by atoms with van der Waals surface area (Å²) in [5.41, 5.74) is 4.73. The Labute approximate surface area is 266 Å². The Hall–Kier alpha value is -4.25. The summed E-state index contributed by atoms with van der Waals surface area (Å²) < 4.78 is 6.15. The number of aromatic hydroxyl groups is 1. The molecular formula is C34H32BClN2O7. The Balaban J connectivity index is 1.32. The van der Waals surface area contributed by atoms with Crippen molar-refractivity contribution >= 4 is 53.6 Å². The number of anilines is 1. The summed E-state index contributed by atoms with van der Waals surface area (Å²) in [7, 11) is -1.12. The molecule has 11 heteroatoms. The first-order valence-corrected chi connectivity index (χ1v) is 15.5. The minimum absolute atomic E-state index is 0.0766. The zero-order valence-corrected chi connectivity index (χ0v) is 25.4. The van der Waals surface area contributed by atoms with Crippen molar-refractivity contribution < 1.29 is 29.3 Å². The Kier molecular flexibility index (Phi) is 8.64. The van der Waals surface area contributed by atoms with Crippen molar-refractivity contribution in [2.75, 3.05) is 4.90 Å². The van der Waals surface area contributed by atoms with E-state index in [2.05, 4.69) is 0 Å². The van der Waals surface area contributed by atoms with Crippen molar-refractivity contribution in [2.24, 2.45) is 17.8 Å². The molecule has 0 bridgehead atoms. The first-order valence-electron chi connectivity index (χ1n) is 15.1. The lowest BCUT2D eigenvalue weighted by molar-refractivity contribution is -0.384. The van der Waals surface area contributed by atoms with Crippen molar-refractivity contribution in [3.63, 3.8) is 0 Å². The van der Waals surface area contributed by atoms with Gasteiger partial charge in [-0.2, -0.15) is 0 Å². The number of amides is 2. The van der Waals surface area contributed by atoms with Crippen LogP contribution in [0.1, 0.15) is 43.7 Å². The van der Waals surface area contributed by atoms with Crippen molar-refractivity contribution in [1.29, 1.82) is 0 Å². The van der Waals surface area contributed by atoms with E-state index in [-0.39, 0.29) is 29.4 Å². The van der Waals surface area contributed by atoms with E-state index in [1.54, 1.807) is 12.1 Å². The van der Waals surface area contributed by atoms with E-state index in [1.165, 1.54) is 30.3 Å². The second-order valence-corrected chi connectivity index (χ2v) is 12.1. The number of non-ortho nitro benzene ring substituents is 1. The molecule has 2 aliphatic heterocycles. The fourth-order valence-corrected chi connectivity index (χ4v) is 7.39. The minimum atomic E-state index is -1.12. The summed E-state index contributed by atoms with van der Waals surface area (Å²) in [6.07, 6.45) is 3.81. The van der Waals surface area contributed by atoms with E-state index in [4.69, 9.17) is 16.3 Å². The van der Waals surface area contributed by atoms with Crippen LogP contribution >= 0.6 is 11.6 Å². The molecule has 0 spiro atoms. The summed E-state index contributed by atoms with van der Waals surface area (Å²) in [6, 6.07) is 20.3. The molecule has 6 rings (SSSR count). The van der Waals surface area contributed by atoms with Crippen LogP contribution in [0.15, 0.2) is 83.9 Å². The summed E-state index contributed by atoms with van der Waals surface area (Å²) in [5.74, 6) is -2.39. The number of carbonyl (C=O) groups excluding carboxylic acids is 2. The highest BCUT2D eigenvalue weighted by molar-refractivity contribution is 6.43. The SMILES string of the molecule is CCC1=C2[C@@H](CC/C(=C/c3ccc(O)cc3Cl)c3ccccc3)OB(O)C[C@@H]2[C@@H]2C(=O)N(c3cccc([N+](=O)[O-])c3)C(=O)[C@@H]2C1. The van der Waals surface area contributed by atoms with Gasteiger partial charge in [0.1, 0.15) is 5.75 Å². The smallest absolute Gasteiger partial charge is 0.455 e. The van der Waals surface area contributed by atoms with Crippen LogP contribution in [-0.2, 0) is 14.2 Å². The number of phenolic OH excluding ortho intramolecular Hbond substituents is 1. The Bertz CT molecular complexity index is 1730. The molecule has 2 saturated heterocycles. The van der Waals surface area contributed by atoms with Gasteiger partial charge in [0, 0.05) is 12.1 Å². The number of benzene rings is 3. The van der Waals surface area contributed by atoms with Gasteiger partial charge in [-0.3, -0.25) is 19.7 Å². The maximum absolute atomic E-state index is 14.0. The van der Waals surface area contributed by atoms with Gasteiger partial charge in [0.05, 0.1) is 33.6 Å². The van der Waals surface area contributed by atoms with Crippen LogP contribution in [0.4, 0.5) is 11.4 Å². The highest BCUT2D eigenvalue weighted by Gasteiger charge is 2.57. The average Bonchev–Trinajstić information content (AvgIpc) is 3.28. The van der Waals surface area contributed by atoms with Crippen molar-refractivity contribution in [1.82, 2.24) is 0 Å². The summed E-state index contributed by atoms with van der Waals surface area (Å²) >= 11 is 6.45. The molecule has 0 aromatic heterocycles. The molecule has 4 atom stereocenters. The van der Waals surface area contributed by atoms with Gasteiger partial charge in [-0.1, -0.05) is 60.5 Å². The summed E-state index contributed by atoms with van der Waals surface area (Å²) in [5, 5.41) is 32.6. The van der Waals surface area contributed by atoms with Crippen LogP contribution in [0.3, 0.4) is 0 Å². The highest BCUT2D eigenvalue weighted by Crippen LogP contribution is 2.52. The summed E-state index contributed by atoms with van der Waals surface area (Å²) in [4.78, 5) is 39.6. The first-order chi connectivity index (χ1) is 21.7. The van der Waals surface area contributed by atoms with Crippen LogP contribution in [-0.4, -0.2) is 40.1 Å². The number of hydrogen-bond acceptors (Lipinski definition) is 7. The quantitative estimate of drug-likeness (QED) is 0.0712. The third kappa shape index (κ3) is 5.93. The molecule has 2 heterocycles. The van der Waals surface area contributed by atoms with Gasteiger partial charge in [-0.15, -0.1) is 0 Å². The van der Waals surface area contributed by atoms with Gasteiger partial charge in [-0.05, 0) is 90.5 Å². The molecule has 3 aromatic carbocycles. The van der Waals surface area contributed by atoms with Gasteiger partial charge in [0.2, 0.25) is 11.8 Å². The van der Waals surface area contributed by atoms with Crippen molar-refractivity contribution in [2.45, 2.75) is 45.0 Å². The molecule has 2 amide bonds. The molecule has 0 unspecified atom stereocenters. The maximum Gasteiger partial charge on any atom is 0.455 e. The Morgan fingerprint density at radius 2 is 1.87 bits per heavy atom. The van der Waals surface area contributed by atoms with Crippen LogP contribution in [0.2, 0.25) is 11.3 Å². The predicted molar refractivity (Wildman–Crippen MR) is 172 cm³/mol. The molecule has 230 valence electrons. The van der Waals surface area contributed by atoms with Gasteiger partial charge >= 0.3 is 7.12 Å². The van der Waals surface area contributed by atoms with Crippen LogP contribution < -0.4 is 4.90 Å². The molecule has 3 aliphatic rings. The van der Waals surface area contributed by atoms with Crippen molar-refractivity contribution in [3.8, 4) is 5.75 Å². The number of fused-ring (bicyclic) bond motifs is 3. The highest BCUT2D eigenvalue weighted by atomic mass is 35.5. The average molecular weight is 627 g/mol. The molecule has 9 nitrogen and oxygen atoms in total. The first kappa shape index (κ1) is 30.8. The van der Waals surface area contributed by atoms with E-state index >= 15 is 0 Å². The number of halogens is 1. The predicted octanol–water partition coefficient (Wildman–Crippen LogP) is 6.69. The second kappa shape index (κ2) is 12.6. The second-order valence-electron chi connectivity index (χ2n) is 11.7. The van der Waals surface area contributed by atoms with Gasteiger partial charge < -0.3 is 14.8 Å². The summed E-state index contributed by atoms with van der Waals surface area (Å²) in [6.45, 7) is 2.02. The maximum atomic E-state index is 14.0. The van der Waals surface area contributed by atoms with E-state index in [1.807, 2.05) is 43.3 Å². The van der Waals surface area contributed by atoms with E-state index < -0.39 is 41.8 Å². The largest absolute Gasteiger partial charge is 0.508 e. The van der Waals surface area contributed by atoms with Crippen molar-refractivity contribution in [3.05, 3.63) is 110 Å². The number of nitro benzene ring substituents is 1. The number of hydrogen-bond donors (Lipinski definition) is 2. The lowest BCUT2D eigenvalue weighted by Gasteiger charge is -2.43. The van der Waals surface area contributed by atoms with E-state index in [0.29, 0.717) is 30.7 Å². The number of carbonyl (C=O) groups is 2. The number of allylic oxidation sites excluding steroid dienone is 2. The Morgan fingerprint density at radius 3 is 2.58 bits per heavy atom. The van der Waals surface area contributed by atoms with Gasteiger partial charge in [0.25, 0.3) is 5.69 Å². The Morgan fingerprint density at radius 1 is 1.09 bits per heavy atom. The fourth-order valence-electron chi connectivity index (χ4n) is 7.16. The third-order valence-corrected chi connectivity index (χ3v) is 9.50. The third-order valence-electron chi connectivity index (χ3n) is 9.17. The van der Waals surface area contributed by atoms with Gasteiger partial charge in [-0.25, -0.2) is 4.90 Å². The number of phenols is 1. The zero-order valence-electron chi connectivity index (χ0n) is 24.6. The fraction of sp³-hybridized carbons (Fsp3) is 0.294. The number of imide groups is 1. The minimum Gasteiger partial charge on any atom is -0.508 e. The molecule has 2 N–H and O–H groups in total. The molecule has 0 saturated carbocycles. The molecule has 0 radical (unpaired) electrons. The molecule has 3 aromatic rings. The van der Waals surface area contributed by atoms with E-state index in [9.17, 15) is 29.8 Å². The zero-order chi connectivity index (χ0) is 31.8. The molecular weight excluding hydrogens is 595 g/mol. The molecule has 45 heavy (non-hydrogen) atoms. The van der Waals surface area contributed by atoms with Crippen LogP contribution in [0, 0.1) is 27.9 Å².